The Kier molecular flexibility index (Phi) is 8.80. The van der Waals surface area contributed by atoms with Crippen molar-refractivity contribution in [1.29, 1.82) is 0 Å². The van der Waals surface area contributed by atoms with Gasteiger partial charge in [-0.25, -0.2) is 4.99 Å². The minimum absolute atomic E-state index is 0. The number of nitrogens with zero attached hydrogens (tertiary/aromatic N) is 2. The summed E-state index contributed by atoms with van der Waals surface area (Å²) in [7, 11) is 0. The lowest BCUT2D eigenvalue weighted by molar-refractivity contribution is 0.424. The number of benzene rings is 1. The molecular weight excluding hydrogens is 471 g/mol. The van der Waals surface area contributed by atoms with E-state index in [2.05, 4.69) is 52.1 Å². The molecule has 2 heterocycles. The van der Waals surface area contributed by atoms with Crippen molar-refractivity contribution < 1.29 is 4.52 Å². The molecule has 0 aliphatic heterocycles. The molecule has 0 aliphatic rings. The molecular formula is C20H25IN4OS. The van der Waals surface area contributed by atoms with Gasteiger partial charge in [0.15, 0.2) is 11.7 Å². The maximum atomic E-state index is 5.43. The Bertz CT molecular complexity index is 818. The van der Waals surface area contributed by atoms with Crippen LogP contribution in [0, 0.1) is 0 Å². The summed E-state index contributed by atoms with van der Waals surface area (Å²) in [5.74, 6) is 2.00. The van der Waals surface area contributed by atoms with Crippen LogP contribution in [-0.2, 0) is 6.54 Å². The first-order valence-corrected chi connectivity index (χ1v) is 9.71. The number of aliphatic imine (C=N–C) groups is 1. The van der Waals surface area contributed by atoms with Crippen LogP contribution in [0.15, 0.2) is 63.4 Å². The topological polar surface area (TPSA) is 62.5 Å². The van der Waals surface area contributed by atoms with Crippen molar-refractivity contribution in [3.05, 3.63) is 64.5 Å². The summed E-state index contributed by atoms with van der Waals surface area (Å²) >= 11 is 1.78. The van der Waals surface area contributed by atoms with Crippen LogP contribution in [0.1, 0.15) is 30.3 Å². The van der Waals surface area contributed by atoms with Crippen molar-refractivity contribution in [2.45, 2.75) is 26.3 Å². The monoisotopic (exact) mass is 496 g/mol. The van der Waals surface area contributed by atoms with E-state index in [0.717, 1.165) is 36.1 Å². The average molecular weight is 496 g/mol. The molecule has 0 amide bonds. The van der Waals surface area contributed by atoms with Gasteiger partial charge in [-0.2, -0.15) is 0 Å². The number of hydrogen-bond acceptors (Lipinski definition) is 4. The third-order valence-corrected chi connectivity index (χ3v) is 5.07. The quantitative estimate of drug-likeness (QED) is 0.278. The van der Waals surface area contributed by atoms with E-state index >= 15 is 0 Å². The summed E-state index contributed by atoms with van der Waals surface area (Å²) in [6, 6.07) is 16.2. The van der Waals surface area contributed by atoms with Crippen molar-refractivity contribution in [2.24, 2.45) is 4.99 Å². The number of hydrogen-bond donors (Lipinski definition) is 2. The summed E-state index contributed by atoms with van der Waals surface area (Å²) in [6.45, 7) is 6.39. The number of halogens is 1. The molecule has 27 heavy (non-hydrogen) atoms. The Balaban J connectivity index is 0.00000261. The third kappa shape index (κ3) is 6.35. The molecule has 1 unspecified atom stereocenters. The van der Waals surface area contributed by atoms with Crippen molar-refractivity contribution in [2.75, 3.05) is 13.1 Å². The fraction of sp³-hybridized carbons (Fsp3) is 0.300. The molecule has 7 heteroatoms. The summed E-state index contributed by atoms with van der Waals surface area (Å²) < 4.78 is 5.43. The largest absolute Gasteiger partial charge is 0.357 e. The van der Waals surface area contributed by atoms with Gasteiger partial charge < -0.3 is 15.2 Å². The number of rotatable bonds is 7. The Morgan fingerprint density at radius 1 is 1.19 bits per heavy atom. The van der Waals surface area contributed by atoms with Gasteiger partial charge in [-0.05, 0) is 18.4 Å². The molecule has 1 aromatic carbocycles. The van der Waals surface area contributed by atoms with Crippen LogP contribution in [0.5, 0.6) is 0 Å². The Morgan fingerprint density at radius 3 is 2.70 bits per heavy atom. The zero-order valence-electron chi connectivity index (χ0n) is 15.5. The van der Waals surface area contributed by atoms with Gasteiger partial charge in [0.2, 0.25) is 0 Å². The van der Waals surface area contributed by atoms with Gasteiger partial charge in [-0.15, -0.1) is 35.3 Å². The molecule has 2 N–H and O–H groups in total. The lowest BCUT2D eigenvalue weighted by Crippen LogP contribution is -2.39. The Hall–Kier alpha value is -1.87. The highest BCUT2D eigenvalue weighted by molar-refractivity contribution is 14.0. The van der Waals surface area contributed by atoms with Crippen LogP contribution in [0.25, 0.3) is 11.3 Å². The first-order chi connectivity index (χ1) is 12.8. The minimum atomic E-state index is 0. The first kappa shape index (κ1) is 21.4. The predicted octanol–water partition coefficient (Wildman–Crippen LogP) is 4.88. The first-order valence-electron chi connectivity index (χ1n) is 8.83. The number of guanidine groups is 1. The second-order valence-corrected chi connectivity index (χ2v) is 7.02. The molecule has 3 aromatic rings. The van der Waals surface area contributed by atoms with E-state index in [-0.39, 0.29) is 24.0 Å². The molecule has 0 aliphatic carbocycles. The summed E-state index contributed by atoms with van der Waals surface area (Å²) in [5, 5.41) is 12.9. The molecule has 0 radical (unpaired) electrons. The van der Waals surface area contributed by atoms with E-state index in [1.165, 1.54) is 4.88 Å². The van der Waals surface area contributed by atoms with Crippen LogP contribution in [0.2, 0.25) is 0 Å². The lowest BCUT2D eigenvalue weighted by Gasteiger charge is -2.14. The highest BCUT2D eigenvalue weighted by Crippen LogP contribution is 2.20. The van der Waals surface area contributed by atoms with Crippen LogP contribution in [0.3, 0.4) is 0 Å². The zero-order chi connectivity index (χ0) is 18.2. The molecule has 5 nitrogen and oxygen atoms in total. The van der Waals surface area contributed by atoms with Crippen LogP contribution >= 0.6 is 35.3 Å². The van der Waals surface area contributed by atoms with E-state index in [4.69, 9.17) is 4.52 Å². The number of thiophene rings is 1. The number of nitrogens with one attached hydrogen (secondary N) is 2. The van der Waals surface area contributed by atoms with E-state index in [0.29, 0.717) is 12.5 Å². The molecule has 0 bridgehead atoms. The maximum absolute atomic E-state index is 5.43. The van der Waals surface area contributed by atoms with Gasteiger partial charge >= 0.3 is 0 Å². The third-order valence-electron chi connectivity index (χ3n) is 3.97. The van der Waals surface area contributed by atoms with E-state index in [9.17, 15) is 0 Å². The normalized spacial score (nSPS) is 12.3. The van der Waals surface area contributed by atoms with E-state index in [1.807, 2.05) is 36.4 Å². The fourth-order valence-electron chi connectivity index (χ4n) is 2.55. The SMILES string of the molecule is CCNC(=NCc1cc(-c2ccccc2)on1)NCC(C)c1cccs1.I. The molecule has 144 valence electrons. The van der Waals surface area contributed by atoms with Crippen LogP contribution in [-0.4, -0.2) is 24.2 Å². The molecule has 0 saturated carbocycles. The van der Waals surface area contributed by atoms with Gasteiger partial charge in [0.05, 0.1) is 6.54 Å². The molecule has 0 spiro atoms. The van der Waals surface area contributed by atoms with Crippen LogP contribution in [0.4, 0.5) is 0 Å². The summed E-state index contributed by atoms with van der Waals surface area (Å²) in [4.78, 5) is 5.99. The van der Waals surface area contributed by atoms with Crippen molar-refractivity contribution >= 4 is 41.3 Å². The van der Waals surface area contributed by atoms with Gasteiger partial charge in [0, 0.05) is 35.5 Å². The second kappa shape index (κ2) is 11.1. The summed E-state index contributed by atoms with van der Waals surface area (Å²) in [6.07, 6.45) is 0. The van der Waals surface area contributed by atoms with Crippen molar-refractivity contribution in [1.82, 2.24) is 15.8 Å². The average Bonchev–Trinajstić information content (AvgIpc) is 3.36. The van der Waals surface area contributed by atoms with Gasteiger partial charge in [-0.1, -0.05) is 48.5 Å². The van der Waals surface area contributed by atoms with E-state index < -0.39 is 0 Å². The zero-order valence-corrected chi connectivity index (χ0v) is 18.7. The number of aromatic nitrogens is 1. The Morgan fingerprint density at radius 2 is 2.00 bits per heavy atom. The smallest absolute Gasteiger partial charge is 0.191 e. The molecule has 3 rings (SSSR count). The molecule has 0 saturated heterocycles. The molecule has 0 fully saturated rings. The van der Waals surface area contributed by atoms with Gasteiger partial charge in [-0.3, -0.25) is 0 Å². The highest BCUT2D eigenvalue weighted by atomic mass is 127. The molecule has 1 atom stereocenters. The Labute approximate surface area is 181 Å². The lowest BCUT2D eigenvalue weighted by atomic mass is 10.1. The van der Waals surface area contributed by atoms with Crippen LogP contribution < -0.4 is 10.6 Å². The van der Waals surface area contributed by atoms with Gasteiger partial charge in [0.1, 0.15) is 5.69 Å². The standard InChI is InChI=1S/C20H24N4OS.HI/c1-3-21-20(22-13-15(2)19-10-7-11-26-19)23-14-17-12-18(25-24-17)16-8-5-4-6-9-16;/h4-12,15H,3,13-14H2,1-2H3,(H2,21,22,23);1H. The molecule has 2 aromatic heterocycles. The van der Waals surface area contributed by atoms with Crippen molar-refractivity contribution in [3.63, 3.8) is 0 Å². The highest BCUT2D eigenvalue weighted by Gasteiger charge is 2.09. The summed E-state index contributed by atoms with van der Waals surface area (Å²) in [5.41, 5.74) is 1.83. The maximum Gasteiger partial charge on any atom is 0.191 e. The predicted molar refractivity (Wildman–Crippen MR) is 123 cm³/mol. The second-order valence-electron chi connectivity index (χ2n) is 6.04. The van der Waals surface area contributed by atoms with E-state index in [1.54, 1.807) is 11.3 Å². The fourth-order valence-corrected chi connectivity index (χ4v) is 3.34. The van der Waals surface area contributed by atoms with Gasteiger partial charge in [0.25, 0.3) is 0 Å². The van der Waals surface area contributed by atoms with Crippen molar-refractivity contribution in [3.8, 4) is 11.3 Å². The minimum Gasteiger partial charge on any atom is -0.357 e.